The van der Waals surface area contributed by atoms with Gasteiger partial charge in [0.1, 0.15) is 5.75 Å². The molecule has 5 heteroatoms. The highest BCUT2D eigenvalue weighted by molar-refractivity contribution is 5.94. The van der Waals surface area contributed by atoms with Crippen LogP contribution in [0.3, 0.4) is 0 Å². The highest BCUT2D eigenvalue weighted by Crippen LogP contribution is 2.52. The van der Waals surface area contributed by atoms with E-state index < -0.39 is 0 Å². The largest absolute Gasteiger partial charge is 0.493 e. The second kappa shape index (κ2) is 4.01. The maximum atomic E-state index is 11.7. The second-order valence-electron chi connectivity index (χ2n) is 4.76. The first kappa shape index (κ1) is 11.1. The van der Waals surface area contributed by atoms with Crippen molar-refractivity contribution in [1.29, 1.82) is 0 Å². The van der Waals surface area contributed by atoms with Crippen molar-refractivity contribution in [3.8, 4) is 5.75 Å². The summed E-state index contributed by atoms with van der Waals surface area (Å²) in [7, 11) is 0. The van der Waals surface area contributed by atoms with Crippen LogP contribution in [0.5, 0.6) is 5.75 Å². The number of nitrogens with two attached hydrogens (primary N) is 2. The van der Waals surface area contributed by atoms with E-state index in [1.165, 1.54) is 5.56 Å². The van der Waals surface area contributed by atoms with Crippen molar-refractivity contribution in [2.24, 2.45) is 22.4 Å². The number of carbonyl (C=O) groups is 1. The molecular formula is C13H15N3O2. The van der Waals surface area contributed by atoms with Gasteiger partial charge in [0, 0.05) is 18.3 Å². The molecule has 0 saturated heterocycles. The fraction of sp³-hybridized carbons (Fsp3) is 0.385. The Morgan fingerprint density at radius 1 is 1.39 bits per heavy atom. The average Bonchev–Trinajstić information content (AvgIpc) is 2.97. The number of hydrogen-bond acceptors (Lipinski definition) is 2. The zero-order valence-electron chi connectivity index (χ0n) is 9.93. The number of rotatable bonds is 2. The van der Waals surface area contributed by atoms with Crippen LogP contribution in [0.25, 0.3) is 0 Å². The van der Waals surface area contributed by atoms with Crippen LogP contribution in [-0.4, -0.2) is 18.5 Å². The molecule has 0 bridgehead atoms. The van der Waals surface area contributed by atoms with Gasteiger partial charge >= 0.3 is 0 Å². The molecule has 1 aliphatic carbocycles. The van der Waals surface area contributed by atoms with Gasteiger partial charge in [0.05, 0.1) is 6.61 Å². The molecule has 1 unspecified atom stereocenters. The van der Waals surface area contributed by atoms with E-state index >= 15 is 0 Å². The lowest BCUT2D eigenvalue weighted by Gasteiger charge is -2.06. The summed E-state index contributed by atoms with van der Waals surface area (Å²) >= 11 is 0. The molecule has 1 saturated carbocycles. The molecule has 0 aromatic heterocycles. The first-order valence-corrected chi connectivity index (χ1v) is 6.05. The number of benzene rings is 1. The Hall–Kier alpha value is -2.04. The van der Waals surface area contributed by atoms with E-state index in [0.717, 1.165) is 30.8 Å². The number of carbonyl (C=O) groups excluding carboxylic acids is 1. The Kier molecular flexibility index (Phi) is 2.47. The van der Waals surface area contributed by atoms with E-state index in [2.05, 4.69) is 11.1 Å². The molecule has 1 fully saturated rings. The minimum absolute atomic E-state index is 0.0946. The summed E-state index contributed by atoms with van der Waals surface area (Å²) in [5.74, 6) is 0.676. The standard InChI is InChI=1S/C13H15N3O2/c14-13(15)16-12(17)10-6-9(10)8-3-1-2-7-4-5-18-11(7)8/h1-3,9-10H,4-6H2,(H4,14,15,16,17)/t9-,10?/m1/s1. The number of hydrogen-bond donors (Lipinski definition) is 2. The smallest absolute Gasteiger partial charge is 0.252 e. The first-order chi connectivity index (χ1) is 8.66. The predicted octanol–water partition coefficient (Wildman–Crippen LogP) is 0.525. The van der Waals surface area contributed by atoms with Crippen molar-refractivity contribution < 1.29 is 9.53 Å². The van der Waals surface area contributed by atoms with Crippen LogP contribution in [0, 0.1) is 5.92 Å². The van der Waals surface area contributed by atoms with Gasteiger partial charge in [-0.1, -0.05) is 18.2 Å². The Bertz CT molecular complexity index is 535. The number of fused-ring (bicyclic) bond motifs is 1. The Morgan fingerprint density at radius 2 is 2.22 bits per heavy atom. The van der Waals surface area contributed by atoms with Gasteiger partial charge in [0.15, 0.2) is 5.96 Å². The maximum Gasteiger partial charge on any atom is 0.252 e. The Morgan fingerprint density at radius 3 is 3.00 bits per heavy atom. The quantitative estimate of drug-likeness (QED) is 0.587. The Balaban J connectivity index is 1.81. The number of para-hydroxylation sites is 1. The molecular weight excluding hydrogens is 230 g/mol. The van der Waals surface area contributed by atoms with Gasteiger partial charge in [-0.25, -0.2) is 0 Å². The van der Waals surface area contributed by atoms with Crippen LogP contribution in [0.4, 0.5) is 0 Å². The summed E-state index contributed by atoms with van der Waals surface area (Å²) in [6, 6.07) is 6.11. The van der Waals surface area contributed by atoms with E-state index in [9.17, 15) is 4.79 Å². The minimum atomic E-state index is -0.226. The van der Waals surface area contributed by atoms with Crippen molar-refractivity contribution in [2.45, 2.75) is 18.8 Å². The lowest BCUT2D eigenvalue weighted by molar-refractivity contribution is -0.119. The van der Waals surface area contributed by atoms with Crippen molar-refractivity contribution in [2.75, 3.05) is 6.61 Å². The first-order valence-electron chi connectivity index (χ1n) is 6.05. The van der Waals surface area contributed by atoms with Gasteiger partial charge in [-0.2, -0.15) is 4.99 Å². The van der Waals surface area contributed by atoms with Crippen LogP contribution < -0.4 is 16.2 Å². The Labute approximate surface area is 105 Å². The molecule has 1 aromatic carbocycles. The topological polar surface area (TPSA) is 90.7 Å². The summed E-state index contributed by atoms with van der Waals surface area (Å²) in [5.41, 5.74) is 12.8. The van der Waals surface area contributed by atoms with Crippen LogP contribution in [0.1, 0.15) is 23.5 Å². The monoisotopic (exact) mass is 245 g/mol. The van der Waals surface area contributed by atoms with Crippen molar-refractivity contribution >= 4 is 11.9 Å². The maximum absolute atomic E-state index is 11.7. The second-order valence-corrected chi connectivity index (χ2v) is 4.76. The van der Waals surface area contributed by atoms with E-state index in [1.807, 2.05) is 12.1 Å². The highest BCUT2D eigenvalue weighted by atomic mass is 16.5. The van der Waals surface area contributed by atoms with E-state index in [0.29, 0.717) is 0 Å². The molecule has 4 N–H and O–H groups in total. The molecule has 1 heterocycles. The normalized spacial score (nSPS) is 24.0. The van der Waals surface area contributed by atoms with Crippen molar-refractivity contribution in [3.05, 3.63) is 29.3 Å². The molecule has 5 nitrogen and oxygen atoms in total. The van der Waals surface area contributed by atoms with Gasteiger partial charge < -0.3 is 16.2 Å². The summed E-state index contributed by atoms with van der Waals surface area (Å²) < 4.78 is 5.64. The van der Waals surface area contributed by atoms with Crippen LogP contribution >= 0.6 is 0 Å². The lowest BCUT2D eigenvalue weighted by atomic mass is 10.0. The van der Waals surface area contributed by atoms with Gasteiger partial charge in [0.2, 0.25) is 0 Å². The van der Waals surface area contributed by atoms with Crippen LogP contribution in [0.2, 0.25) is 0 Å². The van der Waals surface area contributed by atoms with Gasteiger partial charge in [0.25, 0.3) is 5.91 Å². The van der Waals surface area contributed by atoms with Crippen molar-refractivity contribution in [3.63, 3.8) is 0 Å². The molecule has 3 rings (SSSR count). The number of amides is 1. The molecule has 94 valence electrons. The summed E-state index contributed by atoms with van der Waals surface area (Å²) in [5, 5.41) is 0. The SMILES string of the molecule is NC(N)=NC(=O)C1C[C@@H]1c1cccc2c1OCC2. The van der Waals surface area contributed by atoms with Crippen molar-refractivity contribution in [1.82, 2.24) is 0 Å². The third-order valence-electron chi connectivity index (χ3n) is 3.49. The summed E-state index contributed by atoms with van der Waals surface area (Å²) in [4.78, 5) is 15.3. The third kappa shape index (κ3) is 1.81. The van der Waals surface area contributed by atoms with Crippen LogP contribution in [-0.2, 0) is 11.2 Å². The third-order valence-corrected chi connectivity index (χ3v) is 3.49. The highest BCUT2D eigenvalue weighted by Gasteiger charge is 2.46. The molecule has 18 heavy (non-hydrogen) atoms. The molecule has 0 spiro atoms. The summed E-state index contributed by atoms with van der Waals surface area (Å²) in [6.07, 6.45) is 1.75. The molecule has 0 radical (unpaired) electrons. The molecule has 1 amide bonds. The number of guanidine groups is 1. The van der Waals surface area contributed by atoms with Gasteiger partial charge in [-0.05, 0) is 17.5 Å². The number of aliphatic imine (C=N–C) groups is 1. The number of nitrogens with zero attached hydrogens (tertiary/aromatic N) is 1. The number of ether oxygens (including phenoxy) is 1. The molecule has 1 aliphatic heterocycles. The van der Waals surface area contributed by atoms with E-state index in [-0.39, 0.29) is 23.7 Å². The molecule has 2 atom stereocenters. The zero-order valence-corrected chi connectivity index (χ0v) is 9.93. The predicted molar refractivity (Wildman–Crippen MR) is 67.3 cm³/mol. The average molecular weight is 245 g/mol. The fourth-order valence-corrected chi connectivity index (χ4v) is 2.55. The fourth-order valence-electron chi connectivity index (χ4n) is 2.55. The van der Waals surface area contributed by atoms with E-state index in [1.54, 1.807) is 0 Å². The summed E-state index contributed by atoms with van der Waals surface area (Å²) in [6.45, 7) is 0.728. The lowest BCUT2D eigenvalue weighted by Crippen LogP contribution is -2.24. The van der Waals surface area contributed by atoms with Gasteiger partial charge in [-0.3, -0.25) is 4.79 Å². The molecule has 1 aromatic rings. The van der Waals surface area contributed by atoms with E-state index in [4.69, 9.17) is 16.2 Å². The minimum Gasteiger partial charge on any atom is -0.493 e. The molecule has 2 aliphatic rings. The van der Waals surface area contributed by atoms with Gasteiger partial charge in [-0.15, -0.1) is 0 Å². The zero-order chi connectivity index (χ0) is 12.7. The van der Waals surface area contributed by atoms with Crippen LogP contribution in [0.15, 0.2) is 23.2 Å².